The second-order valence-electron chi connectivity index (χ2n) is 4.60. The van der Waals surface area contributed by atoms with Crippen molar-refractivity contribution in [3.8, 4) is 22.8 Å². The zero-order valence-electron chi connectivity index (χ0n) is 13.2. The van der Waals surface area contributed by atoms with Gasteiger partial charge in [0, 0.05) is 19.0 Å². The Morgan fingerprint density at radius 1 is 1.10 bits per heavy atom. The Kier molecular flexibility index (Phi) is 4.62. The molecule has 0 spiro atoms. The first-order chi connectivity index (χ1) is 10.2. The highest BCUT2D eigenvalue weighted by molar-refractivity contribution is 5.78. The van der Waals surface area contributed by atoms with E-state index in [9.17, 15) is 0 Å². The fourth-order valence-electron chi connectivity index (χ4n) is 2.29. The van der Waals surface area contributed by atoms with E-state index in [2.05, 4.69) is 15.3 Å². The van der Waals surface area contributed by atoms with Crippen LogP contribution in [-0.4, -0.2) is 31.2 Å². The smallest absolute Gasteiger partial charge is 0.133 e. The van der Waals surface area contributed by atoms with Gasteiger partial charge in [0.25, 0.3) is 0 Å². The zero-order valence-corrected chi connectivity index (χ0v) is 13.2. The van der Waals surface area contributed by atoms with Gasteiger partial charge in [-0.3, -0.25) is 0 Å². The molecule has 112 valence electrons. The number of aryl methyl sites for hydroxylation is 1. The molecule has 0 aliphatic rings. The molecule has 2 rings (SSSR count). The minimum atomic E-state index is 0.736. The Morgan fingerprint density at radius 2 is 1.71 bits per heavy atom. The molecular formula is C16H21N3O2. The van der Waals surface area contributed by atoms with Gasteiger partial charge < -0.3 is 14.8 Å². The average Bonchev–Trinajstić information content (AvgIpc) is 2.54. The maximum absolute atomic E-state index is 5.48. The Balaban J connectivity index is 2.77. The maximum Gasteiger partial charge on any atom is 0.133 e. The molecule has 0 saturated heterocycles. The predicted molar refractivity (Wildman–Crippen MR) is 84.2 cm³/mol. The number of benzene rings is 1. The van der Waals surface area contributed by atoms with E-state index in [0.717, 1.165) is 46.4 Å². The SMILES string of the molecule is CCc1nc(NC)c(C)c(-c2c(OC)cccc2OC)n1. The second kappa shape index (κ2) is 6.43. The molecule has 2 aromatic rings. The van der Waals surface area contributed by atoms with Crippen LogP contribution in [0, 0.1) is 6.92 Å². The van der Waals surface area contributed by atoms with Crippen LogP contribution in [-0.2, 0) is 6.42 Å². The lowest BCUT2D eigenvalue weighted by Gasteiger charge is -2.16. The number of nitrogens with one attached hydrogen (secondary N) is 1. The fourth-order valence-corrected chi connectivity index (χ4v) is 2.29. The van der Waals surface area contributed by atoms with Crippen molar-refractivity contribution in [3.63, 3.8) is 0 Å². The number of ether oxygens (including phenoxy) is 2. The Morgan fingerprint density at radius 3 is 2.19 bits per heavy atom. The van der Waals surface area contributed by atoms with E-state index in [1.165, 1.54) is 0 Å². The molecule has 1 aromatic carbocycles. The van der Waals surface area contributed by atoms with Crippen molar-refractivity contribution < 1.29 is 9.47 Å². The summed E-state index contributed by atoms with van der Waals surface area (Å²) in [5, 5.41) is 3.12. The predicted octanol–water partition coefficient (Wildman–Crippen LogP) is 3.07. The summed E-state index contributed by atoms with van der Waals surface area (Å²) >= 11 is 0. The molecular weight excluding hydrogens is 266 g/mol. The number of rotatable bonds is 5. The average molecular weight is 287 g/mol. The number of methoxy groups -OCH3 is 2. The molecule has 21 heavy (non-hydrogen) atoms. The lowest BCUT2D eigenvalue weighted by atomic mass is 10.0. The topological polar surface area (TPSA) is 56.3 Å². The molecule has 1 N–H and O–H groups in total. The summed E-state index contributed by atoms with van der Waals surface area (Å²) in [7, 11) is 5.15. The third-order valence-electron chi connectivity index (χ3n) is 3.41. The fraction of sp³-hybridized carbons (Fsp3) is 0.375. The monoisotopic (exact) mass is 287 g/mol. The van der Waals surface area contributed by atoms with Crippen LogP contribution in [0.5, 0.6) is 11.5 Å². The summed E-state index contributed by atoms with van der Waals surface area (Å²) in [6.45, 7) is 4.03. The van der Waals surface area contributed by atoms with Crippen LogP contribution in [0.25, 0.3) is 11.3 Å². The Hall–Kier alpha value is -2.30. The largest absolute Gasteiger partial charge is 0.496 e. The van der Waals surface area contributed by atoms with Gasteiger partial charge >= 0.3 is 0 Å². The maximum atomic E-state index is 5.48. The molecule has 0 aliphatic heterocycles. The Labute approximate surface area is 125 Å². The van der Waals surface area contributed by atoms with Crippen LogP contribution < -0.4 is 14.8 Å². The van der Waals surface area contributed by atoms with Gasteiger partial charge in [-0.1, -0.05) is 13.0 Å². The molecule has 0 unspecified atom stereocenters. The van der Waals surface area contributed by atoms with Crippen molar-refractivity contribution in [2.24, 2.45) is 0 Å². The van der Waals surface area contributed by atoms with Gasteiger partial charge in [-0.25, -0.2) is 9.97 Å². The first-order valence-corrected chi connectivity index (χ1v) is 6.92. The first kappa shape index (κ1) is 15.1. The van der Waals surface area contributed by atoms with Gasteiger partial charge in [-0.2, -0.15) is 0 Å². The zero-order chi connectivity index (χ0) is 15.4. The van der Waals surface area contributed by atoms with E-state index < -0.39 is 0 Å². The normalized spacial score (nSPS) is 10.3. The third-order valence-corrected chi connectivity index (χ3v) is 3.41. The van der Waals surface area contributed by atoms with Crippen molar-refractivity contribution in [1.29, 1.82) is 0 Å². The van der Waals surface area contributed by atoms with Crippen molar-refractivity contribution >= 4 is 5.82 Å². The van der Waals surface area contributed by atoms with Gasteiger partial charge in [0.15, 0.2) is 0 Å². The molecule has 0 radical (unpaired) electrons. The van der Waals surface area contributed by atoms with Crippen LogP contribution in [0.2, 0.25) is 0 Å². The van der Waals surface area contributed by atoms with Gasteiger partial charge in [0.05, 0.1) is 25.5 Å². The summed E-state index contributed by atoms with van der Waals surface area (Å²) in [5.74, 6) is 3.08. The highest BCUT2D eigenvalue weighted by Crippen LogP contribution is 2.39. The molecule has 0 amide bonds. The lowest BCUT2D eigenvalue weighted by Crippen LogP contribution is -2.06. The van der Waals surface area contributed by atoms with E-state index in [1.807, 2.05) is 39.1 Å². The minimum Gasteiger partial charge on any atom is -0.496 e. The molecule has 0 atom stereocenters. The molecule has 1 aromatic heterocycles. The van der Waals surface area contributed by atoms with E-state index in [0.29, 0.717) is 0 Å². The van der Waals surface area contributed by atoms with E-state index >= 15 is 0 Å². The van der Waals surface area contributed by atoms with Crippen molar-refractivity contribution in [1.82, 2.24) is 9.97 Å². The summed E-state index contributed by atoms with van der Waals surface area (Å²) in [5.41, 5.74) is 2.66. The van der Waals surface area contributed by atoms with Crippen molar-refractivity contribution in [2.45, 2.75) is 20.3 Å². The van der Waals surface area contributed by atoms with Gasteiger partial charge in [-0.15, -0.1) is 0 Å². The number of anilines is 1. The van der Waals surface area contributed by atoms with E-state index in [4.69, 9.17) is 9.47 Å². The number of aromatic nitrogens is 2. The molecule has 0 bridgehead atoms. The standard InChI is InChI=1S/C16H21N3O2/c1-6-13-18-15(10(2)16(17-3)19-13)14-11(20-4)8-7-9-12(14)21-5/h7-9H,6H2,1-5H3,(H,17,18,19). The van der Waals surface area contributed by atoms with Crippen LogP contribution in [0.4, 0.5) is 5.82 Å². The van der Waals surface area contributed by atoms with Crippen LogP contribution >= 0.6 is 0 Å². The van der Waals surface area contributed by atoms with Crippen LogP contribution in [0.15, 0.2) is 18.2 Å². The molecule has 1 heterocycles. The van der Waals surface area contributed by atoms with Crippen molar-refractivity contribution in [3.05, 3.63) is 29.6 Å². The molecule has 5 heteroatoms. The van der Waals surface area contributed by atoms with Gasteiger partial charge in [-0.05, 0) is 19.1 Å². The number of nitrogens with zero attached hydrogens (tertiary/aromatic N) is 2. The Bertz CT molecular complexity index is 619. The summed E-state index contributed by atoms with van der Waals surface area (Å²) in [6.07, 6.45) is 0.763. The van der Waals surface area contributed by atoms with Crippen LogP contribution in [0.3, 0.4) is 0 Å². The van der Waals surface area contributed by atoms with E-state index in [1.54, 1.807) is 14.2 Å². The highest BCUT2D eigenvalue weighted by atomic mass is 16.5. The third kappa shape index (κ3) is 2.77. The minimum absolute atomic E-state index is 0.736. The number of hydrogen-bond donors (Lipinski definition) is 1. The first-order valence-electron chi connectivity index (χ1n) is 6.92. The molecule has 0 fully saturated rings. The van der Waals surface area contributed by atoms with Crippen molar-refractivity contribution in [2.75, 3.05) is 26.6 Å². The highest BCUT2D eigenvalue weighted by Gasteiger charge is 2.19. The van der Waals surface area contributed by atoms with Gasteiger partial charge in [0.1, 0.15) is 23.1 Å². The second-order valence-corrected chi connectivity index (χ2v) is 4.60. The summed E-state index contributed by atoms with van der Waals surface area (Å²) in [4.78, 5) is 9.18. The van der Waals surface area contributed by atoms with Gasteiger partial charge in [0.2, 0.25) is 0 Å². The van der Waals surface area contributed by atoms with Crippen LogP contribution in [0.1, 0.15) is 18.3 Å². The summed E-state index contributed by atoms with van der Waals surface area (Å²) in [6, 6.07) is 5.71. The lowest BCUT2D eigenvalue weighted by molar-refractivity contribution is 0.397. The quantitative estimate of drug-likeness (QED) is 0.916. The molecule has 0 aliphatic carbocycles. The van der Waals surface area contributed by atoms with E-state index in [-0.39, 0.29) is 0 Å². The summed E-state index contributed by atoms with van der Waals surface area (Å²) < 4.78 is 11.0. The molecule has 5 nitrogen and oxygen atoms in total. The molecule has 0 saturated carbocycles. The number of hydrogen-bond acceptors (Lipinski definition) is 5.